The van der Waals surface area contributed by atoms with Gasteiger partial charge in [0.05, 0.1) is 19.1 Å². The summed E-state index contributed by atoms with van der Waals surface area (Å²) < 4.78 is 10.5. The van der Waals surface area contributed by atoms with Gasteiger partial charge in [-0.1, -0.05) is 12.1 Å². The summed E-state index contributed by atoms with van der Waals surface area (Å²) in [5.74, 6) is 1.04. The summed E-state index contributed by atoms with van der Waals surface area (Å²) in [6.45, 7) is 1.88. The third kappa shape index (κ3) is 3.83. The van der Waals surface area contributed by atoms with Gasteiger partial charge < -0.3 is 19.9 Å². The van der Waals surface area contributed by atoms with Gasteiger partial charge in [-0.25, -0.2) is 4.99 Å². The molecule has 7 heteroatoms. The fourth-order valence-corrected chi connectivity index (χ4v) is 3.25. The smallest absolute Gasteiger partial charge is 0.264 e. The van der Waals surface area contributed by atoms with E-state index in [0.717, 1.165) is 11.1 Å². The van der Waals surface area contributed by atoms with Crippen molar-refractivity contribution in [1.82, 2.24) is 5.32 Å². The number of nitrogens with zero attached hydrogens (tertiary/aromatic N) is 1. The molecule has 1 fully saturated rings. The Hall–Kier alpha value is -2.93. The number of benzene rings is 2. The molecule has 26 heavy (non-hydrogen) atoms. The number of amides is 1. The molecule has 1 amide bonds. The number of methoxy groups -OCH3 is 2. The number of hydrogen-bond donors (Lipinski definition) is 2. The van der Waals surface area contributed by atoms with Gasteiger partial charge in [0.1, 0.15) is 11.4 Å². The molecule has 1 saturated heterocycles. The van der Waals surface area contributed by atoms with Crippen molar-refractivity contribution >= 4 is 34.6 Å². The minimum atomic E-state index is -0.241. The summed E-state index contributed by atoms with van der Waals surface area (Å²) in [6, 6.07) is 10.6. The van der Waals surface area contributed by atoms with Crippen LogP contribution in [0, 0.1) is 6.92 Å². The number of ether oxygens (including phenoxy) is 2. The molecule has 0 aromatic heterocycles. The van der Waals surface area contributed by atoms with E-state index in [4.69, 9.17) is 9.47 Å². The number of carbonyl (C=O) groups is 1. The molecular formula is C19H18N2O4S. The molecule has 0 aliphatic carbocycles. The predicted octanol–water partition coefficient (Wildman–Crippen LogP) is 3.61. The average molecular weight is 370 g/mol. The van der Waals surface area contributed by atoms with Crippen molar-refractivity contribution in [3.05, 3.63) is 52.4 Å². The van der Waals surface area contributed by atoms with Crippen LogP contribution in [-0.2, 0) is 4.79 Å². The van der Waals surface area contributed by atoms with Crippen molar-refractivity contribution in [3.8, 4) is 17.2 Å². The van der Waals surface area contributed by atoms with Crippen LogP contribution in [0.25, 0.3) is 6.08 Å². The molecule has 2 aromatic carbocycles. The molecule has 1 aliphatic heterocycles. The lowest BCUT2D eigenvalue weighted by Gasteiger charge is -2.07. The first kappa shape index (κ1) is 17.9. The van der Waals surface area contributed by atoms with Crippen LogP contribution >= 0.6 is 11.8 Å². The summed E-state index contributed by atoms with van der Waals surface area (Å²) in [6.07, 6.45) is 1.75. The van der Waals surface area contributed by atoms with Crippen molar-refractivity contribution in [2.45, 2.75) is 6.92 Å². The second-order valence-electron chi connectivity index (χ2n) is 5.59. The van der Waals surface area contributed by atoms with Gasteiger partial charge >= 0.3 is 0 Å². The van der Waals surface area contributed by atoms with E-state index >= 15 is 0 Å². The van der Waals surface area contributed by atoms with E-state index in [-0.39, 0.29) is 11.7 Å². The number of amidine groups is 1. The lowest BCUT2D eigenvalue weighted by atomic mass is 10.2. The zero-order chi connectivity index (χ0) is 18.7. The molecule has 2 N–H and O–H groups in total. The Morgan fingerprint density at radius 1 is 1.12 bits per heavy atom. The number of aliphatic imine (C=N–C) groups is 1. The van der Waals surface area contributed by atoms with E-state index in [0.29, 0.717) is 27.3 Å². The lowest BCUT2D eigenvalue weighted by Crippen LogP contribution is -2.19. The Labute approximate surface area is 155 Å². The van der Waals surface area contributed by atoms with Crippen molar-refractivity contribution in [2.75, 3.05) is 14.2 Å². The standard InChI is InChI=1S/C19H18N2O4S/c1-11-4-6-13(14(22)8-11)20-19-21-18(23)17(26-19)10-12-5-7-15(24-2)16(9-12)25-3/h4-10,22H,1-3H3,(H,20,21,23)/b17-10-. The van der Waals surface area contributed by atoms with Gasteiger partial charge in [0.25, 0.3) is 5.91 Å². The highest BCUT2D eigenvalue weighted by Crippen LogP contribution is 2.33. The van der Waals surface area contributed by atoms with Crippen molar-refractivity contribution < 1.29 is 19.4 Å². The highest BCUT2D eigenvalue weighted by atomic mass is 32.2. The summed E-state index contributed by atoms with van der Waals surface area (Å²) in [5, 5.41) is 13.1. The SMILES string of the molecule is COc1ccc(/C=C2\SC(=Nc3ccc(C)cc3O)NC2=O)cc1OC. The molecule has 0 atom stereocenters. The molecule has 0 radical (unpaired) electrons. The third-order valence-electron chi connectivity index (χ3n) is 3.71. The largest absolute Gasteiger partial charge is 0.506 e. The van der Waals surface area contributed by atoms with E-state index in [1.54, 1.807) is 44.6 Å². The molecule has 0 spiro atoms. The summed E-state index contributed by atoms with van der Waals surface area (Å²) in [7, 11) is 3.13. The minimum Gasteiger partial charge on any atom is -0.506 e. The van der Waals surface area contributed by atoms with Gasteiger partial charge in [0.15, 0.2) is 16.7 Å². The van der Waals surface area contributed by atoms with Gasteiger partial charge in [-0.2, -0.15) is 0 Å². The Balaban J connectivity index is 1.85. The molecule has 134 valence electrons. The molecule has 1 heterocycles. The maximum absolute atomic E-state index is 12.2. The van der Waals surface area contributed by atoms with E-state index < -0.39 is 0 Å². The molecule has 6 nitrogen and oxygen atoms in total. The Kier molecular flexibility index (Phi) is 5.18. The van der Waals surface area contributed by atoms with Gasteiger partial charge in [0, 0.05) is 0 Å². The van der Waals surface area contributed by atoms with Crippen LogP contribution in [0.3, 0.4) is 0 Å². The minimum absolute atomic E-state index is 0.0738. The average Bonchev–Trinajstić information content (AvgIpc) is 2.96. The van der Waals surface area contributed by atoms with Gasteiger partial charge in [-0.3, -0.25) is 4.79 Å². The monoisotopic (exact) mass is 370 g/mol. The molecule has 3 rings (SSSR count). The van der Waals surface area contributed by atoms with Crippen LogP contribution in [0.1, 0.15) is 11.1 Å². The van der Waals surface area contributed by atoms with E-state index in [1.165, 1.54) is 11.8 Å². The second kappa shape index (κ2) is 7.53. The number of carbonyl (C=O) groups excluding carboxylic acids is 1. The number of rotatable bonds is 4. The van der Waals surface area contributed by atoms with Gasteiger partial charge in [-0.05, 0) is 60.2 Å². The second-order valence-corrected chi connectivity index (χ2v) is 6.62. The van der Waals surface area contributed by atoms with Crippen molar-refractivity contribution in [1.29, 1.82) is 0 Å². The fraction of sp³-hybridized carbons (Fsp3) is 0.158. The van der Waals surface area contributed by atoms with Crippen LogP contribution < -0.4 is 14.8 Å². The quantitative estimate of drug-likeness (QED) is 0.804. The van der Waals surface area contributed by atoms with Crippen LogP contribution in [0.15, 0.2) is 46.3 Å². The number of phenols is 1. The number of hydrogen-bond acceptors (Lipinski definition) is 6. The number of thioether (sulfide) groups is 1. The first-order chi connectivity index (χ1) is 12.5. The number of aromatic hydroxyl groups is 1. The maximum atomic E-state index is 12.2. The first-order valence-electron chi connectivity index (χ1n) is 7.81. The fourth-order valence-electron chi connectivity index (χ4n) is 2.41. The van der Waals surface area contributed by atoms with Crippen LogP contribution in [-0.4, -0.2) is 30.4 Å². The van der Waals surface area contributed by atoms with E-state index in [2.05, 4.69) is 10.3 Å². The first-order valence-corrected chi connectivity index (χ1v) is 8.63. The summed E-state index contributed by atoms with van der Waals surface area (Å²) in [5.41, 5.74) is 2.15. The zero-order valence-corrected chi connectivity index (χ0v) is 15.4. The van der Waals surface area contributed by atoms with Crippen LogP contribution in [0.2, 0.25) is 0 Å². The number of aryl methyl sites for hydroxylation is 1. The summed E-state index contributed by atoms with van der Waals surface area (Å²) in [4.78, 5) is 17.0. The molecule has 2 aromatic rings. The van der Waals surface area contributed by atoms with Gasteiger partial charge in [-0.15, -0.1) is 0 Å². The van der Waals surface area contributed by atoms with Crippen LogP contribution in [0.5, 0.6) is 17.2 Å². The van der Waals surface area contributed by atoms with E-state index in [1.807, 2.05) is 19.1 Å². The normalized spacial score (nSPS) is 16.8. The lowest BCUT2D eigenvalue weighted by molar-refractivity contribution is -0.115. The maximum Gasteiger partial charge on any atom is 0.264 e. The zero-order valence-electron chi connectivity index (χ0n) is 14.6. The highest BCUT2D eigenvalue weighted by Gasteiger charge is 2.24. The summed E-state index contributed by atoms with van der Waals surface area (Å²) >= 11 is 1.21. The van der Waals surface area contributed by atoms with E-state index in [9.17, 15) is 9.90 Å². The molecule has 0 bridgehead atoms. The van der Waals surface area contributed by atoms with Crippen molar-refractivity contribution in [3.63, 3.8) is 0 Å². The van der Waals surface area contributed by atoms with Gasteiger partial charge in [0.2, 0.25) is 0 Å². The third-order valence-corrected chi connectivity index (χ3v) is 4.62. The molecule has 0 saturated carbocycles. The number of nitrogens with one attached hydrogen (secondary N) is 1. The Morgan fingerprint density at radius 3 is 2.58 bits per heavy atom. The number of phenolic OH excluding ortho intramolecular Hbond substituents is 1. The molecule has 1 aliphatic rings. The predicted molar refractivity (Wildman–Crippen MR) is 103 cm³/mol. The highest BCUT2D eigenvalue weighted by molar-refractivity contribution is 8.18. The topological polar surface area (TPSA) is 80.2 Å². The van der Waals surface area contributed by atoms with Crippen LogP contribution in [0.4, 0.5) is 5.69 Å². The molecule has 0 unspecified atom stereocenters. The molecular weight excluding hydrogens is 352 g/mol. The van der Waals surface area contributed by atoms with Crippen molar-refractivity contribution in [2.24, 2.45) is 4.99 Å². The Morgan fingerprint density at radius 2 is 1.88 bits per heavy atom. The Bertz CT molecular complexity index is 922.